The van der Waals surface area contributed by atoms with Gasteiger partial charge in [0, 0.05) is 37.9 Å². The number of hydrogen-bond acceptors (Lipinski definition) is 2. The smallest absolute Gasteiger partial charge is 0.248 e. The van der Waals surface area contributed by atoms with Crippen molar-refractivity contribution in [2.24, 2.45) is 5.92 Å². The van der Waals surface area contributed by atoms with Gasteiger partial charge in [-0.05, 0) is 25.7 Å². The molecule has 1 aliphatic heterocycles. The molecule has 1 saturated heterocycles. The number of ether oxygens (including phenoxy) is 1. The Morgan fingerprint density at radius 3 is 2.32 bits per heavy atom. The van der Waals surface area contributed by atoms with E-state index >= 15 is 0 Å². The van der Waals surface area contributed by atoms with Crippen LogP contribution in [0.5, 0.6) is 0 Å². The molecule has 110 valence electrons. The Bertz CT molecular complexity index is 323. The Balaban J connectivity index is 1.89. The van der Waals surface area contributed by atoms with Crippen LogP contribution in [0.25, 0.3) is 0 Å². The first-order chi connectivity index (χ1) is 8.96. The molecule has 3 nitrogen and oxygen atoms in total. The summed E-state index contributed by atoms with van der Waals surface area (Å²) in [5.41, 5.74) is -0.420. The molecule has 2 aliphatic rings. The summed E-state index contributed by atoms with van der Waals surface area (Å²) in [6, 6.07) is 0. The zero-order chi connectivity index (χ0) is 13.9. The van der Waals surface area contributed by atoms with Gasteiger partial charge >= 0.3 is 0 Å². The minimum absolute atomic E-state index is 0.127. The Labute approximate surface area is 117 Å². The Kier molecular flexibility index (Phi) is 4.66. The van der Waals surface area contributed by atoms with Gasteiger partial charge in [0.1, 0.15) is 0 Å². The van der Waals surface area contributed by atoms with Crippen molar-refractivity contribution in [2.75, 3.05) is 19.1 Å². The van der Waals surface area contributed by atoms with Crippen molar-refractivity contribution in [1.82, 2.24) is 5.32 Å². The predicted molar refractivity (Wildman–Crippen MR) is 68.6 cm³/mol. The van der Waals surface area contributed by atoms with Crippen molar-refractivity contribution in [3.8, 4) is 0 Å². The lowest BCUT2D eigenvalue weighted by Crippen LogP contribution is -2.55. The van der Waals surface area contributed by atoms with E-state index in [4.69, 9.17) is 16.3 Å². The SMILES string of the molecule is O=C(NC1(CCl)CCOCC1)C1CCC(F)(F)CC1. The molecular formula is C13H20ClF2NO2. The van der Waals surface area contributed by atoms with Crippen LogP contribution in [-0.2, 0) is 9.53 Å². The van der Waals surface area contributed by atoms with E-state index in [2.05, 4.69) is 5.32 Å². The number of amides is 1. The molecule has 1 saturated carbocycles. The zero-order valence-electron chi connectivity index (χ0n) is 10.9. The average molecular weight is 296 g/mol. The fourth-order valence-electron chi connectivity index (χ4n) is 2.72. The highest BCUT2D eigenvalue weighted by molar-refractivity contribution is 6.18. The van der Waals surface area contributed by atoms with Crippen molar-refractivity contribution in [3.05, 3.63) is 0 Å². The monoisotopic (exact) mass is 295 g/mol. The van der Waals surface area contributed by atoms with E-state index < -0.39 is 11.5 Å². The first kappa shape index (κ1) is 15.0. The maximum atomic E-state index is 13.1. The number of carbonyl (C=O) groups excluding carboxylic acids is 1. The van der Waals surface area contributed by atoms with Crippen LogP contribution in [0.15, 0.2) is 0 Å². The van der Waals surface area contributed by atoms with E-state index in [0.717, 1.165) is 0 Å². The van der Waals surface area contributed by atoms with Gasteiger partial charge in [-0.1, -0.05) is 0 Å². The number of halogens is 3. The van der Waals surface area contributed by atoms with Crippen LogP contribution in [0.1, 0.15) is 38.5 Å². The van der Waals surface area contributed by atoms with E-state index in [9.17, 15) is 13.6 Å². The van der Waals surface area contributed by atoms with Crippen LogP contribution in [0.3, 0.4) is 0 Å². The second kappa shape index (κ2) is 5.92. The molecule has 0 aromatic rings. The van der Waals surface area contributed by atoms with Crippen LogP contribution in [-0.4, -0.2) is 36.5 Å². The molecule has 1 N–H and O–H groups in total. The first-order valence-corrected chi connectivity index (χ1v) is 7.33. The molecule has 0 unspecified atom stereocenters. The molecule has 2 fully saturated rings. The molecule has 19 heavy (non-hydrogen) atoms. The number of hydrogen-bond donors (Lipinski definition) is 1. The van der Waals surface area contributed by atoms with E-state index in [0.29, 0.717) is 31.9 Å². The van der Waals surface area contributed by atoms with Gasteiger partial charge in [0.05, 0.1) is 5.54 Å². The van der Waals surface area contributed by atoms with E-state index in [-0.39, 0.29) is 37.5 Å². The zero-order valence-corrected chi connectivity index (χ0v) is 11.6. The third-order valence-electron chi connectivity index (χ3n) is 4.18. The highest BCUT2D eigenvalue weighted by atomic mass is 35.5. The number of rotatable bonds is 3. The second-order valence-electron chi connectivity index (χ2n) is 5.65. The molecule has 1 amide bonds. The standard InChI is InChI=1S/C13H20ClF2NO2/c14-9-12(5-7-19-8-6-12)17-11(18)10-1-3-13(15,16)4-2-10/h10H,1-9H2,(H,17,18). The van der Waals surface area contributed by atoms with Crippen molar-refractivity contribution < 1.29 is 18.3 Å². The quantitative estimate of drug-likeness (QED) is 0.813. The Morgan fingerprint density at radius 2 is 1.79 bits per heavy atom. The molecule has 2 rings (SSSR count). The first-order valence-electron chi connectivity index (χ1n) is 6.80. The molecule has 0 radical (unpaired) electrons. The normalized spacial score (nSPS) is 26.9. The average Bonchev–Trinajstić information content (AvgIpc) is 2.39. The van der Waals surface area contributed by atoms with Crippen LogP contribution < -0.4 is 5.32 Å². The fourth-order valence-corrected chi connectivity index (χ4v) is 3.05. The lowest BCUT2D eigenvalue weighted by Gasteiger charge is -2.38. The van der Waals surface area contributed by atoms with Crippen LogP contribution in [0.4, 0.5) is 8.78 Å². The van der Waals surface area contributed by atoms with E-state index in [1.807, 2.05) is 0 Å². The minimum Gasteiger partial charge on any atom is -0.381 e. The summed E-state index contributed by atoms with van der Waals surface area (Å²) in [5, 5.41) is 2.98. The van der Waals surface area contributed by atoms with Gasteiger partial charge in [0.2, 0.25) is 11.8 Å². The molecule has 0 spiro atoms. The van der Waals surface area contributed by atoms with Crippen molar-refractivity contribution in [3.63, 3.8) is 0 Å². The summed E-state index contributed by atoms with van der Waals surface area (Å²) >= 11 is 5.98. The highest BCUT2D eigenvalue weighted by Crippen LogP contribution is 2.36. The van der Waals surface area contributed by atoms with Crippen molar-refractivity contribution in [1.29, 1.82) is 0 Å². The Hall–Kier alpha value is -0.420. The van der Waals surface area contributed by atoms with Crippen LogP contribution >= 0.6 is 11.6 Å². The van der Waals surface area contributed by atoms with Crippen molar-refractivity contribution in [2.45, 2.75) is 50.0 Å². The number of alkyl halides is 3. The van der Waals surface area contributed by atoms with Gasteiger partial charge in [-0.3, -0.25) is 4.79 Å². The maximum absolute atomic E-state index is 13.1. The molecule has 1 aliphatic carbocycles. The number of nitrogens with one attached hydrogen (secondary N) is 1. The topological polar surface area (TPSA) is 38.3 Å². The molecule has 0 aromatic heterocycles. The Morgan fingerprint density at radius 1 is 1.21 bits per heavy atom. The molecule has 0 bridgehead atoms. The highest BCUT2D eigenvalue weighted by Gasteiger charge is 2.40. The van der Waals surface area contributed by atoms with Gasteiger partial charge in [-0.25, -0.2) is 8.78 Å². The lowest BCUT2D eigenvalue weighted by molar-refractivity contribution is -0.132. The molecule has 0 atom stereocenters. The summed E-state index contributed by atoms with van der Waals surface area (Å²) in [6.07, 6.45) is 1.50. The van der Waals surface area contributed by atoms with Crippen LogP contribution in [0.2, 0.25) is 0 Å². The predicted octanol–water partition coefficient (Wildman–Crippen LogP) is 2.72. The summed E-state index contributed by atoms with van der Waals surface area (Å²) < 4.78 is 31.4. The third kappa shape index (κ3) is 3.78. The van der Waals surface area contributed by atoms with E-state index in [1.54, 1.807) is 0 Å². The van der Waals surface area contributed by atoms with Crippen LogP contribution in [0, 0.1) is 5.92 Å². The maximum Gasteiger partial charge on any atom is 0.248 e. The molecular weight excluding hydrogens is 276 g/mol. The number of carbonyl (C=O) groups is 1. The minimum atomic E-state index is -2.60. The summed E-state index contributed by atoms with van der Waals surface area (Å²) in [7, 11) is 0. The molecule has 0 aromatic carbocycles. The van der Waals surface area contributed by atoms with Gasteiger partial charge in [0.25, 0.3) is 0 Å². The lowest BCUT2D eigenvalue weighted by atomic mass is 9.84. The van der Waals surface area contributed by atoms with Gasteiger partial charge in [-0.2, -0.15) is 0 Å². The van der Waals surface area contributed by atoms with Gasteiger partial charge < -0.3 is 10.1 Å². The fraction of sp³-hybridized carbons (Fsp3) is 0.923. The molecule has 6 heteroatoms. The van der Waals surface area contributed by atoms with Crippen molar-refractivity contribution >= 4 is 17.5 Å². The van der Waals surface area contributed by atoms with Gasteiger partial charge in [0.15, 0.2) is 0 Å². The van der Waals surface area contributed by atoms with Gasteiger partial charge in [-0.15, -0.1) is 11.6 Å². The third-order valence-corrected chi connectivity index (χ3v) is 4.69. The summed E-state index contributed by atoms with van der Waals surface area (Å²) in [6.45, 7) is 1.16. The second-order valence-corrected chi connectivity index (χ2v) is 5.91. The largest absolute Gasteiger partial charge is 0.381 e. The molecule has 1 heterocycles. The summed E-state index contributed by atoms with van der Waals surface area (Å²) in [5.74, 6) is -2.69. The summed E-state index contributed by atoms with van der Waals surface area (Å²) in [4.78, 5) is 12.2. The van der Waals surface area contributed by atoms with E-state index in [1.165, 1.54) is 0 Å².